The number of amides is 1. The molecule has 1 saturated carbocycles. The maximum absolute atomic E-state index is 12.1. The Bertz CT molecular complexity index is 335. The van der Waals surface area contributed by atoms with Gasteiger partial charge in [-0.05, 0) is 45.8 Å². The number of primary amides is 1. The molecule has 118 valence electrons. The summed E-state index contributed by atoms with van der Waals surface area (Å²) in [4.78, 5) is 13.3. The summed E-state index contributed by atoms with van der Waals surface area (Å²) >= 11 is 0. The molecular weight excluding hydrogens is 271 g/mol. The molecule has 1 aliphatic rings. The van der Waals surface area contributed by atoms with E-state index in [2.05, 4.69) is 5.32 Å². The first-order chi connectivity index (χ1) is 9.21. The molecule has 1 fully saturated rings. The van der Waals surface area contributed by atoms with Crippen molar-refractivity contribution in [2.24, 2.45) is 11.7 Å². The van der Waals surface area contributed by atoms with E-state index >= 15 is 0 Å². The quantitative estimate of drug-likeness (QED) is 0.748. The van der Waals surface area contributed by atoms with Gasteiger partial charge in [0.05, 0.1) is 6.42 Å². The zero-order valence-electron chi connectivity index (χ0n) is 12.1. The minimum atomic E-state index is -4.12. The van der Waals surface area contributed by atoms with Crippen LogP contribution in [0.15, 0.2) is 0 Å². The number of rotatable bonds is 7. The molecule has 3 N–H and O–H groups in total. The van der Waals surface area contributed by atoms with Gasteiger partial charge in [-0.1, -0.05) is 6.42 Å². The van der Waals surface area contributed by atoms with Crippen LogP contribution < -0.4 is 11.1 Å². The van der Waals surface area contributed by atoms with Gasteiger partial charge in [-0.15, -0.1) is 0 Å². The van der Waals surface area contributed by atoms with Crippen LogP contribution in [0.3, 0.4) is 0 Å². The number of hydrogen-bond donors (Lipinski definition) is 2. The van der Waals surface area contributed by atoms with Crippen molar-refractivity contribution in [2.75, 3.05) is 27.2 Å². The molecule has 0 heterocycles. The van der Waals surface area contributed by atoms with Gasteiger partial charge < -0.3 is 16.0 Å². The Balaban J connectivity index is 2.46. The highest BCUT2D eigenvalue weighted by Crippen LogP contribution is 2.37. The zero-order valence-corrected chi connectivity index (χ0v) is 12.1. The average Bonchev–Trinajstić information content (AvgIpc) is 2.77. The van der Waals surface area contributed by atoms with Gasteiger partial charge in [0, 0.05) is 6.54 Å². The number of hydrogen-bond acceptors (Lipinski definition) is 3. The van der Waals surface area contributed by atoms with Crippen molar-refractivity contribution < 1.29 is 18.0 Å². The lowest BCUT2D eigenvalue weighted by Crippen LogP contribution is -2.56. The van der Waals surface area contributed by atoms with E-state index in [1.165, 1.54) is 0 Å². The third kappa shape index (κ3) is 4.34. The summed E-state index contributed by atoms with van der Waals surface area (Å²) in [5.41, 5.74) is 4.80. The minimum absolute atomic E-state index is 0.0145. The van der Waals surface area contributed by atoms with Gasteiger partial charge in [0.1, 0.15) is 5.54 Å². The smallest absolute Gasteiger partial charge is 0.368 e. The Kier molecular flexibility index (Phi) is 5.82. The van der Waals surface area contributed by atoms with Crippen LogP contribution in [-0.4, -0.2) is 49.7 Å². The van der Waals surface area contributed by atoms with Gasteiger partial charge in [0.15, 0.2) is 0 Å². The lowest BCUT2D eigenvalue weighted by Gasteiger charge is -2.33. The first-order valence-electron chi connectivity index (χ1n) is 6.95. The highest BCUT2D eigenvalue weighted by atomic mass is 19.4. The predicted octanol–water partition coefficient (Wildman–Crippen LogP) is 1.50. The van der Waals surface area contributed by atoms with Gasteiger partial charge in [0.2, 0.25) is 5.91 Å². The largest absolute Gasteiger partial charge is 0.390 e. The van der Waals surface area contributed by atoms with Gasteiger partial charge in [-0.2, -0.15) is 13.2 Å². The van der Waals surface area contributed by atoms with Crippen molar-refractivity contribution in [2.45, 2.75) is 43.8 Å². The molecule has 4 nitrogen and oxygen atoms in total. The maximum atomic E-state index is 12.1. The molecule has 1 amide bonds. The summed E-state index contributed by atoms with van der Waals surface area (Å²) in [5, 5.41) is 3.03. The van der Waals surface area contributed by atoms with Crippen molar-refractivity contribution in [3.8, 4) is 0 Å². The third-order valence-electron chi connectivity index (χ3n) is 4.34. The number of likely N-dealkylation sites (N-methyl/N-ethyl adjacent to an activating group) is 1. The molecular formula is C13H24F3N3O. The Morgan fingerprint density at radius 1 is 1.45 bits per heavy atom. The van der Waals surface area contributed by atoms with E-state index in [1.807, 2.05) is 0 Å². The van der Waals surface area contributed by atoms with Crippen molar-refractivity contribution >= 4 is 5.91 Å². The molecule has 1 rings (SSSR count). The standard InChI is InChI=1S/C13H24F3N3O/c1-18-12(11(17)20)6-3-4-10(12)5-8-19(2)9-7-13(14,15)16/h10,18H,3-9H2,1-2H3,(H2,17,20). The second kappa shape index (κ2) is 6.76. The van der Waals surface area contributed by atoms with Crippen molar-refractivity contribution in [3.63, 3.8) is 0 Å². The Labute approximate surface area is 117 Å². The van der Waals surface area contributed by atoms with E-state index in [0.717, 1.165) is 12.8 Å². The summed E-state index contributed by atoms with van der Waals surface area (Å²) in [6.07, 6.45) is -1.74. The van der Waals surface area contributed by atoms with Crippen LogP contribution >= 0.6 is 0 Å². The number of halogens is 3. The van der Waals surface area contributed by atoms with E-state index < -0.39 is 18.1 Å². The number of carbonyl (C=O) groups excluding carboxylic acids is 1. The molecule has 1 aliphatic carbocycles. The molecule has 0 saturated heterocycles. The molecule has 0 aromatic rings. The third-order valence-corrected chi connectivity index (χ3v) is 4.34. The summed E-state index contributed by atoms with van der Waals surface area (Å²) in [6.45, 7) is 0.525. The molecule has 0 radical (unpaired) electrons. The highest BCUT2D eigenvalue weighted by molar-refractivity contribution is 5.85. The van der Waals surface area contributed by atoms with E-state index in [9.17, 15) is 18.0 Å². The minimum Gasteiger partial charge on any atom is -0.368 e. The van der Waals surface area contributed by atoms with E-state index in [0.29, 0.717) is 19.4 Å². The van der Waals surface area contributed by atoms with E-state index in [1.54, 1.807) is 19.0 Å². The predicted molar refractivity (Wildman–Crippen MR) is 71.1 cm³/mol. The Hall–Kier alpha value is -0.820. The second-order valence-corrected chi connectivity index (χ2v) is 5.63. The molecule has 0 aromatic heterocycles. The van der Waals surface area contributed by atoms with Gasteiger partial charge >= 0.3 is 6.18 Å². The van der Waals surface area contributed by atoms with Crippen molar-refractivity contribution in [1.29, 1.82) is 0 Å². The van der Waals surface area contributed by atoms with Crippen molar-refractivity contribution in [3.05, 3.63) is 0 Å². The van der Waals surface area contributed by atoms with Crippen LogP contribution in [0.25, 0.3) is 0 Å². The highest BCUT2D eigenvalue weighted by Gasteiger charge is 2.46. The summed E-state index contributed by atoms with van der Waals surface area (Å²) < 4.78 is 36.4. The Morgan fingerprint density at radius 2 is 2.10 bits per heavy atom. The first kappa shape index (κ1) is 17.2. The number of alkyl halides is 3. The molecule has 0 spiro atoms. The normalized spacial score (nSPS) is 27.2. The van der Waals surface area contributed by atoms with Gasteiger partial charge in [0.25, 0.3) is 0 Å². The summed E-state index contributed by atoms with van der Waals surface area (Å²) in [6, 6.07) is 0. The number of nitrogens with one attached hydrogen (secondary N) is 1. The number of nitrogens with zero attached hydrogens (tertiary/aromatic N) is 1. The molecule has 0 aromatic carbocycles. The summed E-state index contributed by atoms with van der Waals surface area (Å²) in [5.74, 6) is -0.265. The lowest BCUT2D eigenvalue weighted by atomic mass is 9.84. The number of nitrogens with two attached hydrogens (primary N) is 1. The van der Waals surface area contributed by atoms with Crippen LogP contribution in [0.2, 0.25) is 0 Å². The molecule has 2 unspecified atom stereocenters. The fourth-order valence-electron chi connectivity index (χ4n) is 3.05. The van der Waals surface area contributed by atoms with Crippen LogP contribution in [0.5, 0.6) is 0 Å². The molecule has 0 aliphatic heterocycles. The van der Waals surface area contributed by atoms with E-state index in [4.69, 9.17) is 5.73 Å². The molecule has 2 atom stereocenters. The van der Waals surface area contributed by atoms with Gasteiger partial charge in [-0.25, -0.2) is 0 Å². The van der Waals surface area contributed by atoms with Crippen LogP contribution in [-0.2, 0) is 4.79 Å². The fourth-order valence-corrected chi connectivity index (χ4v) is 3.05. The maximum Gasteiger partial charge on any atom is 0.390 e. The molecule has 20 heavy (non-hydrogen) atoms. The molecule has 0 bridgehead atoms. The topological polar surface area (TPSA) is 58.4 Å². The second-order valence-electron chi connectivity index (χ2n) is 5.63. The van der Waals surface area contributed by atoms with Crippen molar-refractivity contribution in [1.82, 2.24) is 10.2 Å². The lowest BCUT2D eigenvalue weighted by molar-refractivity contribution is -0.137. The first-order valence-corrected chi connectivity index (χ1v) is 6.95. The van der Waals surface area contributed by atoms with E-state index in [-0.39, 0.29) is 18.4 Å². The summed E-state index contributed by atoms with van der Waals surface area (Å²) in [7, 11) is 3.39. The zero-order chi connectivity index (χ0) is 15.4. The monoisotopic (exact) mass is 295 g/mol. The van der Waals surface area contributed by atoms with Crippen LogP contribution in [0.4, 0.5) is 13.2 Å². The van der Waals surface area contributed by atoms with Crippen LogP contribution in [0.1, 0.15) is 32.1 Å². The number of carbonyl (C=O) groups is 1. The van der Waals surface area contributed by atoms with Gasteiger partial charge in [-0.3, -0.25) is 4.79 Å². The fraction of sp³-hybridized carbons (Fsp3) is 0.923. The molecule has 7 heteroatoms. The average molecular weight is 295 g/mol. The van der Waals surface area contributed by atoms with Crippen LogP contribution in [0, 0.1) is 5.92 Å². The Morgan fingerprint density at radius 3 is 2.60 bits per heavy atom. The SMILES string of the molecule is CNC1(C(N)=O)CCCC1CCN(C)CCC(F)(F)F.